The lowest BCUT2D eigenvalue weighted by Gasteiger charge is -2.21. The van der Waals surface area contributed by atoms with Crippen LogP contribution < -0.4 is 20.1 Å². The van der Waals surface area contributed by atoms with Crippen LogP contribution in [-0.4, -0.2) is 32.3 Å². The summed E-state index contributed by atoms with van der Waals surface area (Å²) in [6.45, 7) is 3.35. The van der Waals surface area contributed by atoms with E-state index >= 15 is 0 Å². The normalized spacial score (nSPS) is 22.5. The second kappa shape index (κ2) is 4.74. The van der Waals surface area contributed by atoms with Gasteiger partial charge in [0.2, 0.25) is 0 Å². The fraction of sp³-hybridized carbons (Fsp3) is 0.500. The summed E-state index contributed by atoms with van der Waals surface area (Å²) in [6, 6.07) is 4.48. The van der Waals surface area contributed by atoms with Gasteiger partial charge in [-0.1, -0.05) is 0 Å². The number of ether oxygens (including phenoxy) is 2. The summed E-state index contributed by atoms with van der Waals surface area (Å²) in [5, 5.41) is 6.85. The number of hydrogen-bond donors (Lipinski definition) is 2. The van der Waals surface area contributed by atoms with Crippen molar-refractivity contribution in [3.8, 4) is 11.5 Å². The van der Waals surface area contributed by atoms with Crippen molar-refractivity contribution in [2.24, 2.45) is 0 Å². The van der Waals surface area contributed by atoms with Crippen molar-refractivity contribution in [1.29, 1.82) is 0 Å². The quantitative estimate of drug-likeness (QED) is 0.876. The number of benzene rings is 1. The lowest BCUT2D eigenvalue weighted by molar-refractivity contribution is 0.171. The Kier molecular flexibility index (Phi) is 3.11. The van der Waals surface area contributed by atoms with Crippen LogP contribution in [0.2, 0.25) is 0 Å². The van der Waals surface area contributed by atoms with E-state index in [0.29, 0.717) is 19.3 Å². The lowest BCUT2D eigenvalue weighted by Crippen LogP contribution is -2.22. The third kappa shape index (κ3) is 2.35. The number of anilines is 1. The third-order valence-corrected chi connectivity index (χ3v) is 3.71. The van der Waals surface area contributed by atoms with Crippen molar-refractivity contribution in [3.05, 3.63) is 16.6 Å². The highest BCUT2D eigenvalue weighted by atomic mass is 79.9. The summed E-state index contributed by atoms with van der Waals surface area (Å²) in [5.41, 5.74) is 1.07. The molecule has 17 heavy (non-hydrogen) atoms. The number of halogens is 1. The van der Waals surface area contributed by atoms with Crippen LogP contribution in [0.3, 0.4) is 0 Å². The maximum absolute atomic E-state index is 5.58. The van der Waals surface area contributed by atoms with Gasteiger partial charge in [0.25, 0.3) is 0 Å². The molecule has 1 saturated heterocycles. The van der Waals surface area contributed by atoms with Gasteiger partial charge in [0.05, 0.1) is 5.69 Å². The fourth-order valence-electron chi connectivity index (χ4n) is 2.17. The van der Waals surface area contributed by atoms with E-state index in [2.05, 4.69) is 26.6 Å². The Hall–Kier alpha value is -0.940. The molecule has 1 unspecified atom stereocenters. The minimum atomic E-state index is 0.494. The van der Waals surface area contributed by atoms with E-state index in [4.69, 9.17) is 9.47 Å². The zero-order valence-corrected chi connectivity index (χ0v) is 11.0. The maximum atomic E-state index is 5.58. The Labute approximate surface area is 109 Å². The Morgan fingerprint density at radius 2 is 2.00 bits per heavy atom. The van der Waals surface area contributed by atoms with Gasteiger partial charge in [0.1, 0.15) is 13.2 Å². The van der Waals surface area contributed by atoms with Gasteiger partial charge in [-0.05, 0) is 28.9 Å². The highest BCUT2D eigenvalue weighted by molar-refractivity contribution is 9.10. The third-order valence-electron chi connectivity index (χ3n) is 3.05. The summed E-state index contributed by atoms with van der Waals surface area (Å²) >= 11 is 3.56. The predicted molar refractivity (Wildman–Crippen MR) is 70.0 cm³/mol. The molecule has 0 spiro atoms. The summed E-state index contributed by atoms with van der Waals surface area (Å²) in [4.78, 5) is 0. The second-order valence-corrected chi connectivity index (χ2v) is 5.16. The van der Waals surface area contributed by atoms with Crippen LogP contribution in [-0.2, 0) is 0 Å². The van der Waals surface area contributed by atoms with Crippen LogP contribution in [0.5, 0.6) is 11.5 Å². The van der Waals surface area contributed by atoms with Crippen LogP contribution in [0, 0.1) is 0 Å². The van der Waals surface area contributed by atoms with Crippen molar-refractivity contribution in [2.75, 3.05) is 31.6 Å². The lowest BCUT2D eigenvalue weighted by atomic mass is 10.2. The Bertz CT molecular complexity index is 419. The minimum Gasteiger partial charge on any atom is -0.486 e. The standard InChI is InChI=1S/C12H15BrN2O2/c13-9-5-11-12(17-4-3-16-11)6-10(9)15-8-1-2-14-7-8/h5-6,8,14-15H,1-4,7H2. The SMILES string of the molecule is Brc1cc2c(cc1NC1CCNC1)OCCO2. The molecule has 0 saturated carbocycles. The van der Waals surface area contributed by atoms with Gasteiger partial charge < -0.3 is 20.1 Å². The molecular weight excluding hydrogens is 284 g/mol. The maximum Gasteiger partial charge on any atom is 0.163 e. The highest BCUT2D eigenvalue weighted by Gasteiger charge is 2.18. The van der Waals surface area contributed by atoms with E-state index in [0.717, 1.165) is 41.2 Å². The van der Waals surface area contributed by atoms with Gasteiger partial charge in [-0.15, -0.1) is 0 Å². The van der Waals surface area contributed by atoms with Gasteiger partial charge in [-0.2, -0.15) is 0 Å². The molecule has 0 bridgehead atoms. The van der Waals surface area contributed by atoms with Gasteiger partial charge in [-0.3, -0.25) is 0 Å². The summed E-state index contributed by atoms with van der Waals surface area (Å²) < 4.78 is 12.1. The van der Waals surface area contributed by atoms with Crippen molar-refractivity contribution in [2.45, 2.75) is 12.5 Å². The van der Waals surface area contributed by atoms with Gasteiger partial charge in [-0.25, -0.2) is 0 Å². The Morgan fingerprint density at radius 1 is 1.24 bits per heavy atom. The first-order valence-electron chi connectivity index (χ1n) is 5.89. The first-order chi connectivity index (χ1) is 8.33. The Morgan fingerprint density at radius 3 is 2.71 bits per heavy atom. The molecule has 1 aromatic rings. The number of rotatable bonds is 2. The molecule has 3 rings (SSSR count). The molecule has 2 aliphatic heterocycles. The first kappa shape index (κ1) is 11.2. The van der Waals surface area contributed by atoms with Crippen molar-refractivity contribution < 1.29 is 9.47 Å². The summed E-state index contributed by atoms with van der Waals surface area (Å²) in [7, 11) is 0. The molecule has 92 valence electrons. The molecule has 0 amide bonds. The minimum absolute atomic E-state index is 0.494. The van der Waals surface area contributed by atoms with Crippen LogP contribution in [0.15, 0.2) is 16.6 Å². The molecule has 4 nitrogen and oxygen atoms in total. The van der Waals surface area contributed by atoms with E-state index in [-0.39, 0.29) is 0 Å². The van der Waals surface area contributed by atoms with Gasteiger partial charge >= 0.3 is 0 Å². The zero-order chi connectivity index (χ0) is 11.7. The average molecular weight is 299 g/mol. The summed E-state index contributed by atoms with van der Waals surface area (Å²) in [5.74, 6) is 1.64. The van der Waals surface area contributed by atoms with Crippen molar-refractivity contribution in [3.63, 3.8) is 0 Å². The molecule has 1 aromatic carbocycles. The zero-order valence-electron chi connectivity index (χ0n) is 9.46. The van der Waals surface area contributed by atoms with Crippen LogP contribution in [0.4, 0.5) is 5.69 Å². The Balaban J connectivity index is 1.83. The smallest absolute Gasteiger partial charge is 0.163 e. The molecule has 2 aliphatic rings. The largest absolute Gasteiger partial charge is 0.486 e. The number of fused-ring (bicyclic) bond motifs is 1. The monoisotopic (exact) mass is 298 g/mol. The van der Waals surface area contributed by atoms with E-state index < -0.39 is 0 Å². The molecule has 1 atom stereocenters. The van der Waals surface area contributed by atoms with E-state index in [1.807, 2.05) is 12.1 Å². The van der Waals surface area contributed by atoms with E-state index in [1.54, 1.807) is 0 Å². The molecular formula is C12H15BrN2O2. The topological polar surface area (TPSA) is 42.5 Å². The molecule has 5 heteroatoms. The first-order valence-corrected chi connectivity index (χ1v) is 6.68. The van der Waals surface area contributed by atoms with Crippen molar-refractivity contribution >= 4 is 21.6 Å². The van der Waals surface area contributed by atoms with Gasteiger partial charge in [0, 0.05) is 29.2 Å². The van der Waals surface area contributed by atoms with Crippen molar-refractivity contribution in [1.82, 2.24) is 5.32 Å². The van der Waals surface area contributed by atoms with Crippen LogP contribution >= 0.6 is 15.9 Å². The molecule has 0 aromatic heterocycles. The molecule has 0 radical (unpaired) electrons. The fourth-order valence-corrected chi connectivity index (χ4v) is 2.61. The molecule has 2 heterocycles. The number of nitrogens with one attached hydrogen (secondary N) is 2. The molecule has 2 N–H and O–H groups in total. The van der Waals surface area contributed by atoms with Crippen LogP contribution in [0.1, 0.15) is 6.42 Å². The highest BCUT2D eigenvalue weighted by Crippen LogP contribution is 2.38. The average Bonchev–Trinajstić information content (AvgIpc) is 2.83. The molecule has 1 fully saturated rings. The molecule has 0 aliphatic carbocycles. The van der Waals surface area contributed by atoms with E-state index in [9.17, 15) is 0 Å². The number of hydrogen-bond acceptors (Lipinski definition) is 4. The van der Waals surface area contributed by atoms with E-state index in [1.165, 1.54) is 0 Å². The summed E-state index contributed by atoms with van der Waals surface area (Å²) in [6.07, 6.45) is 1.15. The second-order valence-electron chi connectivity index (χ2n) is 4.31. The van der Waals surface area contributed by atoms with Gasteiger partial charge in [0.15, 0.2) is 11.5 Å². The van der Waals surface area contributed by atoms with Crippen LogP contribution in [0.25, 0.3) is 0 Å². The predicted octanol–water partition coefficient (Wildman–Crippen LogP) is 1.99.